The molecule has 7 nitrogen and oxygen atoms in total. The Morgan fingerprint density at radius 3 is 2.29 bits per heavy atom. The van der Waals surface area contributed by atoms with Gasteiger partial charge in [-0.2, -0.15) is 0 Å². The van der Waals surface area contributed by atoms with Crippen LogP contribution in [-0.4, -0.2) is 27.8 Å². The lowest BCUT2D eigenvalue weighted by Crippen LogP contribution is -2.27. The highest BCUT2D eigenvalue weighted by molar-refractivity contribution is 5.89. The third-order valence-corrected chi connectivity index (χ3v) is 3.00. The molecule has 3 N–H and O–H groups in total. The van der Waals surface area contributed by atoms with Crippen molar-refractivity contribution in [2.75, 3.05) is 5.32 Å². The van der Waals surface area contributed by atoms with Crippen molar-refractivity contribution in [1.29, 1.82) is 0 Å². The second kappa shape index (κ2) is 6.57. The predicted octanol–water partition coefficient (Wildman–Crippen LogP) is 3.09. The topological polar surface area (TPSA) is 108 Å². The first-order valence-corrected chi connectivity index (χ1v) is 7.22. The summed E-state index contributed by atoms with van der Waals surface area (Å²) < 4.78 is 5.16. The molecule has 24 heavy (non-hydrogen) atoms. The Morgan fingerprint density at radius 2 is 1.75 bits per heavy atom. The van der Waals surface area contributed by atoms with Crippen molar-refractivity contribution in [3.63, 3.8) is 0 Å². The van der Waals surface area contributed by atoms with Crippen molar-refractivity contribution in [3.8, 4) is 11.1 Å². The van der Waals surface area contributed by atoms with Crippen LogP contribution in [0.5, 0.6) is 0 Å². The largest absolute Gasteiger partial charge is 0.477 e. The molecule has 0 atom stereocenters. The monoisotopic (exact) mass is 330 g/mol. The molecular formula is C17H18N2O5. The average Bonchev–Trinajstić information content (AvgIpc) is 2.46. The molecule has 0 aliphatic rings. The molecule has 0 radical (unpaired) electrons. The van der Waals surface area contributed by atoms with Crippen LogP contribution in [0, 0.1) is 0 Å². The molecule has 0 aliphatic carbocycles. The first kappa shape index (κ1) is 17.3. The van der Waals surface area contributed by atoms with Gasteiger partial charge in [0.15, 0.2) is 0 Å². The number of aromatic nitrogens is 1. The van der Waals surface area contributed by atoms with Crippen molar-refractivity contribution >= 4 is 17.7 Å². The van der Waals surface area contributed by atoms with Gasteiger partial charge in [-0.3, -0.25) is 10.1 Å². The van der Waals surface area contributed by atoms with Gasteiger partial charge in [-0.05, 0) is 50.1 Å². The molecule has 0 bridgehead atoms. The van der Waals surface area contributed by atoms with E-state index in [0.717, 1.165) is 0 Å². The number of aromatic amines is 1. The maximum atomic E-state index is 11.7. The third-order valence-electron chi connectivity index (χ3n) is 3.00. The van der Waals surface area contributed by atoms with Crippen LogP contribution in [-0.2, 0) is 4.74 Å². The molecule has 0 unspecified atom stereocenters. The van der Waals surface area contributed by atoms with Crippen molar-refractivity contribution in [2.24, 2.45) is 0 Å². The number of ether oxygens (including phenoxy) is 1. The van der Waals surface area contributed by atoms with Crippen LogP contribution in [0.3, 0.4) is 0 Å². The van der Waals surface area contributed by atoms with Crippen molar-refractivity contribution < 1.29 is 19.4 Å². The number of carboxylic acids is 1. The molecule has 2 aromatic rings. The van der Waals surface area contributed by atoms with E-state index >= 15 is 0 Å². The number of H-pyrrole nitrogens is 1. The SMILES string of the molecule is CC(C)(C)OC(=O)Nc1ccc(-c2c[nH]c(=O)c(C(=O)O)c2)cc1. The van der Waals surface area contributed by atoms with E-state index in [1.165, 1.54) is 12.3 Å². The van der Waals surface area contributed by atoms with Gasteiger partial charge in [-0.15, -0.1) is 0 Å². The van der Waals surface area contributed by atoms with Gasteiger partial charge in [-0.1, -0.05) is 12.1 Å². The van der Waals surface area contributed by atoms with Gasteiger partial charge < -0.3 is 14.8 Å². The van der Waals surface area contributed by atoms with Gasteiger partial charge in [0.1, 0.15) is 11.2 Å². The predicted molar refractivity (Wildman–Crippen MR) is 89.3 cm³/mol. The van der Waals surface area contributed by atoms with E-state index in [0.29, 0.717) is 16.8 Å². The van der Waals surface area contributed by atoms with Crippen molar-refractivity contribution in [1.82, 2.24) is 4.98 Å². The summed E-state index contributed by atoms with van der Waals surface area (Å²) in [6.45, 7) is 5.31. The first-order valence-electron chi connectivity index (χ1n) is 7.22. The molecular weight excluding hydrogens is 312 g/mol. The zero-order valence-corrected chi connectivity index (χ0v) is 13.5. The van der Waals surface area contributed by atoms with E-state index in [-0.39, 0.29) is 5.56 Å². The maximum Gasteiger partial charge on any atom is 0.412 e. The zero-order chi connectivity index (χ0) is 17.9. The van der Waals surface area contributed by atoms with E-state index in [1.807, 2.05) is 0 Å². The number of carboxylic acid groups (broad SMARTS) is 1. The second-order valence-electron chi connectivity index (χ2n) is 6.14. The Hall–Kier alpha value is -3.09. The van der Waals surface area contributed by atoms with Gasteiger partial charge in [-0.25, -0.2) is 9.59 Å². The van der Waals surface area contributed by atoms with E-state index in [4.69, 9.17) is 9.84 Å². The number of amides is 1. The highest BCUT2D eigenvalue weighted by Gasteiger charge is 2.16. The van der Waals surface area contributed by atoms with Crippen LogP contribution in [0.25, 0.3) is 11.1 Å². The quantitative estimate of drug-likeness (QED) is 0.801. The minimum atomic E-state index is -1.29. The lowest BCUT2D eigenvalue weighted by Gasteiger charge is -2.19. The molecule has 1 aromatic carbocycles. The minimum absolute atomic E-state index is 0.330. The lowest BCUT2D eigenvalue weighted by atomic mass is 10.1. The molecule has 0 saturated carbocycles. The first-order chi connectivity index (χ1) is 11.2. The fraction of sp³-hybridized carbons (Fsp3) is 0.235. The van der Waals surface area contributed by atoms with Crippen LogP contribution in [0.2, 0.25) is 0 Å². The molecule has 1 aromatic heterocycles. The summed E-state index contributed by atoms with van der Waals surface area (Å²) in [5.41, 5.74) is 0.209. The minimum Gasteiger partial charge on any atom is -0.477 e. The fourth-order valence-electron chi connectivity index (χ4n) is 1.98. The number of carbonyl (C=O) groups is 2. The summed E-state index contributed by atoms with van der Waals surface area (Å²) in [6, 6.07) is 8.02. The van der Waals surface area contributed by atoms with E-state index in [9.17, 15) is 14.4 Å². The van der Waals surface area contributed by atoms with Gasteiger partial charge in [0.05, 0.1) is 0 Å². The summed E-state index contributed by atoms with van der Waals surface area (Å²) in [5.74, 6) is -1.29. The number of anilines is 1. The summed E-state index contributed by atoms with van der Waals surface area (Å²) in [5, 5.41) is 11.6. The number of carbonyl (C=O) groups excluding carboxylic acids is 1. The number of rotatable bonds is 3. The van der Waals surface area contributed by atoms with Gasteiger partial charge in [0.2, 0.25) is 0 Å². The number of pyridine rings is 1. The van der Waals surface area contributed by atoms with E-state index in [1.54, 1.807) is 45.0 Å². The lowest BCUT2D eigenvalue weighted by molar-refractivity contribution is 0.0634. The summed E-state index contributed by atoms with van der Waals surface area (Å²) >= 11 is 0. The molecule has 1 amide bonds. The van der Waals surface area contributed by atoms with Crippen molar-refractivity contribution in [2.45, 2.75) is 26.4 Å². The molecule has 0 saturated heterocycles. The number of hydrogen-bond acceptors (Lipinski definition) is 4. The highest BCUT2D eigenvalue weighted by Crippen LogP contribution is 2.21. The number of nitrogens with one attached hydrogen (secondary N) is 2. The Labute approximate surface area is 138 Å². The Kier molecular flexibility index (Phi) is 4.73. The molecule has 1 heterocycles. The molecule has 126 valence electrons. The van der Waals surface area contributed by atoms with E-state index in [2.05, 4.69) is 10.3 Å². The van der Waals surface area contributed by atoms with Gasteiger partial charge >= 0.3 is 12.1 Å². The maximum absolute atomic E-state index is 11.7. The van der Waals surface area contributed by atoms with Crippen molar-refractivity contribution in [3.05, 3.63) is 52.4 Å². The standard InChI is InChI=1S/C17H18N2O5/c1-17(2,3)24-16(23)19-12-6-4-10(5-7-12)11-8-13(15(21)22)14(20)18-9-11/h4-9H,1-3H3,(H,18,20)(H,19,23)(H,21,22). The van der Waals surface area contributed by atoms with Gasteiger partial charge in [0, 0.05) is 11.9 Å². The average molecular weight is 330 g/mol. The molecule has 0 aliphatic heterocycles. The number of aromatic carboxylic acids is 1. The molecule has 2 rings (SSSR count). The smallest absolute Gasteiger partial charge is 0.412 e. The van der Waals surface area contributed by atoms with Crippen LogP contribution >= 0.6 is 0 Å². The molecule has 0 fully saturated rings. The van der Waals surface area contributed by atoms with Crippen LogP contribution in [0.4, 0.5) is 10.5 Å². The second-order valence-corrected chi connectivity index (χ2v) is 6.14. The number of benzene rings is 1. The highest BCUT2D eigenvalue weighted by atomic mass is 16.6. The Bertz CT molecular complexity index is 816. The zero-order valence-electron chi connectivity index (χ0n) is 13.5. The molecule has 7 heteroatoms. The fourth-order valence-corrected chi connectivity index (χ4v) is 1.98. The summed E-state index contributed by atoms with van der Waals surface area (Å²) in [6.07, 6.45) is 0.873. The van der Waals surface area contributed by atoms with Crippen LogP contribution < -0.4 is 10.9 Å². The summed E-state index contributed by atoms with van der Waals surface area (Å²) in [4.78, 5) is 36.5. The Morgan fingerprint density at radius 1 is 1.12 bits per heavy atom. The van der Waals surface area contributed by atoms with Gasteiger partial charge in [0.25, 0.3) is 5.56 Å². The van der Waals surface area contributed by atoms with Crippen LogP contribution in [0.1, 0.15) is 31.1 Å². The Balaban J connectivity index is 2.18. The van der Waals surface area contributed by atoms with Crippen LogP contribution in [0.15, 0.2) is 41.3 Å². The number of hydrogen-bond donors (Lipinski definition) is 3. The summed E-state index contributed by atoms with van der Waals surface area (Å²) in [7, 11) is 0. The normalized spacial score (nSPS) is 11.0. The molecule has 0 spiro atoms. The third kappa shape index (κ3) is 4.45. The van der Waals surface area contributed by atoms with E-state index < -0.39 is 23.2 Å².